The number of benzene rings is 1. The molecule has 0 saturated heterocycles. The molecule has 100 valence electrons. The number of aromatic nitrogens is 2. The van der Waals surface area contributed by atoms with Gasteiger partial charge in [-0.3, -0.25) is 0 Å². The maximum Gasteiger partial charge on any atom is 0.150 e. The van der Waals surface area contributed by atoms with Crippen molar-refractivity contribution >= 4 is 5.82 Å². The zero-order valence-corrected chi connectivity index (χ0v) is 12.1. The molecule has 0 amide bonds. The van der Waals surface area contributed by atoms with Crippen molar-refractivity contribution < 1.29 is 4.74 Å². The lowest BCUT2D eigenvalue weighted by atomic mass is 10.0. The van der Waals surface area contributed by atoms with Gasteiger partial charge in [-0.1, -0.05) is 0 Å². The molecule has 4 heteroatoms. The quantitative estimate of drug-likeness (QED) is 0.847. The number of nitrogens with zero attached hydrogens (tertiary/aromatic N) is 3. The van der Waals surface area contributed by atoms with Crippen LogP contribution in [0.3, 0.4) is 0 Å². The van der Waals surface area contributed by atoms with Crippen molar-refractivity contribution in [3.05, 3.63) is 35.4 Å². The molecule has 0 radical (unpaired) electrons. The van der Waals surface area contributed by atoms with Crippen LogP contribution < -0.4 is 9.64 Å². The number of ether oxygens (including phenoxy) is 1. The Hall–Kier alpha value is -2.10. The lowest BCUT2D eigenvalue weighted by molar-refractivity contribution is 0.408. The highest BCUT2D eigenvalue weighted by Gasteiger charge is 2.08. The number of hydrogen-bond acceptors (Lipinski definition) is 4. The van der Waals surface area contributed by atoms with Crippen LogP contribution in [0.15, 0.2) is 24.3 Å². The largest absolute Gasteiger partial charge is 0.496 e. The van der Waals surface area contributed by atoms with Crippen LogP contribution in [-0.2, 0) is 0 Å². The van der Waals surface area contributed by atoms with Crippen molar-refractivity contribution in [3.63, 3.8) is 0 Å². The van der Waals surface area contributed by atoms with E-state index in [0.29, 0.717) is 0 Å². The first-order valence-electron chi connectivity index (χ1n) is 6.19. The van der Waals surface area contributed by atoms with Gasteiger partial charge in [0, 0.05) is 19.7 Å². The average molecular weight is 257 g/mol. The first-order valence-corrected chi connectivity index (χ1v) is 6.19. The van der Waals surface area contributed by atoms with Gasteiger partial charge in [0.25, 0.3) is 0 Å². The molecule has 19 heavy (non-hydrogen) atoms. The lowest BCUT2D eigenvalue weighted by Crippen LogP contribution is -2.11. The molecule has 0 unspecified atom stereocenters. The topological polar surface area (TPSA) is 38.2 Å². The van der Waals surface area contributed by atoms with Crippen molar-refractivity contribution in [1.29, 1.82) is 0 Å². The summed E-state index contributed by atoms with van der Waals surface area (Å²) in [5.41, 5.74) is 4.15. The Morgan fingerprint density at radius 3 is 2.05 bits per heavy atom. The first kappa shape index (κ1) is 13.3. The number of anilines is 1. The fourth-order valence-corrected chi connectivity index (χ4v) is 2.14. The summed E-state index contributed by atoms with van der Waals surface area (Å²) < 4.78 is 5.37. The Morgan fingerprint density at radius 1 is 1.00 bits per heavy atom. The highest BCUT2D eigenvalue weighted by molar-refractivity contribution is 5.64. The van der Waals surface area contributed by atoms with Gasteiger partial charge in [-0.05, 0) is 49.2 Å². The average Bonchev–Trinajstić information content (AvgIpc) is 2.38. The van der Waals surface area contributed by atoms with Crippen molar-refractivity contribution in [1.82, 2.24) is 10.2 Å². The molecule has 0 bridgehead atoms. The molecule has 1 aromatic heterocycles. The van der Waals surface area contributed by atoms with E-state index in [2.05, 4.69) is 22.3 Å². The first-order chi connectivity index (χ1) is 9.02. The molecule has 0 aliphatic rings. The van der Waals surface area contributed by atoms with Gasteiger partial charge in [0.2, 0.25) is 0 Å². The van der Waals surface area contributed by atoms with Gasteiger partial charge in [0.1, 0.15) is 5.75 Å². The van der Waals surface area contributed by atoms with Crippen LogP contribution >= 0.6 is 0 Å². The zero-order chi connectivity index (χ0) is 14.0. The van der Waals surface area contributed by atoms with Crippen LogP contribution in [0.1, 0.15) is 11.1 Å². The summed E-state index contributed by atoms with van der Waals surface area (Å²) >= 11 is 0. The molecule has 0 aliphatic carbocycles. The Morgan fingerprint density at radius 2 is 1.63 bits per heavy atom. The van der Waals surface area contributed by atoms with Crippen molar-refractivity contribution in [2.75, 3.05) is 26.1 Å². The fraction of sp³-hybridized carbons (Fsp3) is 0.333. The SMILES string of the molecule is COc1c(C)cc(-c2ccc(N(C)C)nn2)cc1C. The molecule has 4 nitrogen and oxygen atoms in total. The van der Waals surface area contributed by atoms with Crippen molar-refractivity contribution in [2.45, 2.75) is 13.8 Å². The minimum atomic E-state index is 0.853. The van der Waals surface area contributed by atoms with Crippen LogP contribution in [0.25, 0.3) is 11.3 Å². The predicted molar refractivity (Wildman–Crippen MR) is 77.8 cm³/mol. The summed E-state index contributed by atoms with van der Waals surface area (Å²) in [4.78, 5) is 1.93. The second-order valence-electron chi connectivity index (χ2n) is 4.81. The summed E-state index contributed by atoms with van der Waals surface area (Å²) in [6, 6.07) is 8.11. The van der Waals surface area contributed by atoms with E-state index < -0.39 is 0 Å². The molecular formula is C15H19N3O. The maximum atomic E-state index is 5.37. The molecule has 2 rings (SSSR count). The number of rotatable bonds is 3. The van der Waals surface area contributed by atoms with Crippen LogP contribution in [0.4, 0.5) is 5.82 Å². The molecule has 1 heterocycles. The third kappa shape index (κ3) is 2.67. The Kier molecular flexibility index (Phi) is 3.69. The van der Waals surface area contributed by atoms with Crippen molar-refractivity contribution in [3.8, 4) is 17.0 Å². The number of methoxy groups -OCH3 is 1. The van der Waals surface area contributed by atoms with Gasteiger partial charge in [-0.2, -0.15) is 0 Å². The highest BCUT2D eigenvalue weighted by Crippen LogP contribution is 2.29. The van der Waals surface area contributed by atoms with Crippen molar-refractivity contribution in [2.24, 2.45) is 0 Å². The molecule has 0 atom stereocenters. The summed E-state index contributed by atoms with van der Waals surface area (Å²) in [5.74, 6) is 1.78. The minimum Gasteiger partial charge on any atom is -0.496 e. The second kappa shape index (κ2) is 5.26. The summed E-state index contributed by atoms with van der Waals surface area (Å²) in [5, 5.41) is 8.48. The maximum absolute atomic E-state index is 5.37. The van der Waals surface area contributed by atoms with Gasteiger partial charge in [-0.15, -0.1) is 10.2 Å². The normalized spacial score (nSPS) is 10.4. The van der Waals surface area contributed by atoms with Crippen LogP contribution in [0.5, 0.6) is 5.75 Å². The molecule has 2 aromatic rings. The smallest absolute Gasteiger partial charge is 0.150 e. The van der Waals surface area contributed by atoms with Gasteiger partial charge in [0.15, 0.2) is 5.82 Å². The minimum absolute atomic E-state index is 0.853. The number of aryl methyl sites for hydroxylation is 2. The van der Waals surface area contributed by atoms with Crippen LogP contribution in [0, 0.1) is 13.8 Å². The molecule has 0 N–H and O–H groups in total. The van der Waals surface area contributed by atoms with Gasteiger partial charge in [0.05, 0.1) is 12.8 Å². The number of hydrogen-bond donors (Lipinski definition) is 0. The van der Waals surface area contributed by atoms with Gasteiger partial charge in [-0.25, -0.2) is 0 Å². The predicted octanol–water partition coefficient (Wildman–Crippen LogP) is 2.84. The van der Waals surface area contributed by atoms with E-state index in [0.717, 1.165) is 34.0 Å². The van der Waals surface area contributed by atoms with Crippen LogP contribution in [0.2, 0.25) is 0 Å². The van der Waals surface area contributed by atoms with E-state index >= 15 is 0 Å². The molecular weight excluding hydrogens is 238 g/mol. The molecule has 0 fully saturated rings. The molecule has 0 saturated carbocycles. The van der Waals surface area contributed by atoms with Crippen LogP contribution in [-0.4, -0.2) is 31.4 Å². The summed E-state index contributed by atoms with van der Waals surface area (Å²) in [7, 11) is 5.59. The van der Waals surface area contributed by atoms with E-state index in [1.165, 1.54) is 0 Å². The summed E-state index contributed by atoms with van der Waals surface area (Å²) in [6.07, 6.45) is 0. The Balaban J connectivity index is 2.42. The molecule has 1 aromatic carbocycles. The highest BCUT2D eigenvalue weighted by atomic mass is 16.5. The van der Waals surface area contributed by atoms with E-state index in [1.54, 1.807) is 7.11 Å². The fourth-order valence-electron chi connectivity index (χ4n) is 2.14. The van der Waals surface area contributed by atoms with E-state index in [1.807, 2.05) is 45.0 Å². The molecule has 0 spiro atoms. The second-order valence-corrected chi connectivity index (χ2v) is 4.81. The third-order valence-electron chi connectivity index (χ3n) is 3.07. The lowest BCUT2D eigenvalue weighted by Gasteiger charge is -2.12. The van der Waals surface area contributed by atoms with E-state index in [4.69, 9.17) is 4.74 Å². The Bertz CT molecular complexity index is 553. The zero-order valence-electron chi connectivity index (χ0n) is 12.1. The van der Waals surface area contributed by atoms with E-state index in [-0.39, 0.29) is 0 Å². The van der Waals surface area contributed by atoms with E-state index in [9.17, 15) is 0 Å². The van der Waals surface area contributed by atoms with Gasteiger partial charge < -0.3 is 9.64 Å². The summed E-state index contributed by atoms with van der Waals surface area (Å²) in [6.45, 7) is 4.08. The monoisotopic (exact) mass is 257 g/mol. The standard InChI is InChI=1S/C15H19N3O/c1-10-8-12(9-11(2)15(10)19-5)13-6-7-14(17-16-13)18(3)4/h6-9H,1-5H3. The van der Waals surface area contributed by atoms with Gasteiger partial charge >= 0.3 is 0 Å². The third-order valence-corrected chi connectivity index (χ3v) is 3.07. The Labute approximate surface area is 114 Å². The molecule has 0 aliphatic heterocycles.